The average molecular weight is 294 g/mol. The van der Waals surface area contributed by atoms with Crippen LogP contribution < -0.4 is 5.73 Å². The van der Waals surface area contributed by atoms with E-state index in [4.69, 9.17) is 10.3 Å². The van der Waals surface area contributed by atoms with Crippen molar-refractivity contribution in [1.82, 2.24) is 15.0 Å². The monoisotopic (exact) mass is 294 g/mol. The van der Waals surface area contributed by atoms with Crippen molar-refractivity contribution in [2.24, 2.45) is 11.7 Å². The number of hydrogen-bond acceptors (Lipinski definition) is 5. The maximum absolute atomic E-state index is 5.96. The molecule has 2 atom stereocenters. The van der Waals surface area contributed by atoms with Crippen LogP contribution in [0.15, 0.2) is 4.52 Å². The smallest absolute Gasteiger partial charge is 0.240 e. The Bertz CT molecular complexity index is 407. The Kier molecular flexibility index (Phi) is 6.64. The maximum Gasteiger partial charge on any atom is 0.240 e. The second-order valence-electron chi connectivity index (χ2n) is 6.12. The summed E-state index contributed by atoms with van der Waals surface area (Å²) in [6.07, 6.45) is 8.32. The molecule has 0 aliphatic heterocycles. The highest BCUT2D eigenvalue weighted by atomic mass is 16.5. The summed E-state index contributed by atoms with van der Waals surface area (Å²) in [5.41, 5.74) is 5.96. The third-order valence-electron chi connectivity index (χ3n) is 4.65. The normalized spacial score (nSPS) is 22.9. The Balaban J connectivity index is 1.95. The van der Waals surface area contributed by atoms with E-state index in [1.807, 2.05) is 0 Å². The molecule has 2 N–H and O–H groups in total. The van der Waals surface area contributed by atoms with Crippen LogP contribution in [-0.4, -0.2) is 34.2 Å². The number of nitrogens with zero attached hydrogens (tertiary/aromatic N) is 3. The van der Waals surface area contributed by atoms with E-state index in [0.29, 0.717) is 12.0 Å². The van der Waals surface area contributed by atoms with Crippen molar-refractivity contribution in [3.63, 3.8) is 0 Å². The second kappa shape index (κ2) is 8.49. The summed E-state index contributed by atoms with van der Waals surface area (Å²) < 4.78 is 5.42. The lowest BCUT2D eigenvalue weighted by Crippen LogP contribution is -2.44. The van der Waals surface area contributed by atoms with Crippen LogP contribution in [0.25, 0.3) is 0 Å². The minimum Gasteiger partial charge on any atom is -0.338 e. The van der Waals surface area contributed by atoms with Crippen molar-refractivity contribution in [3.8, 4) is 0 Å². The zero-order valence-electron chi connectivity index (χ0n) is 13.6. The summed E-state index contributed by atoms with van der Waals surface area (Å²) in [7, 11) is 0. The minimum absolute atomic E-state index is 0.569. The Morgan fingerprint density at radius 1 is 1.29 bits per heavy atom. The lowest BCUT2D eigenvalue weighted by Gasteiger charge is -2.38. The molecule has 21 heavy (non-hydrogen) atoms. The first-order chi connectivity index (χ1) is 10.3. The summed E-state index contributed by atoms with van der Waals surface area (Å²) >= 11 is 0. The van der Waals surface area contributed by atoms with Gasteiger partial charge in [-0.1, -0.05) is 38.3 Å². The summed E-state index contributed by atoms with van der Waals surface area (Å²) in [6.45, 7) is 6.93. The molecular weight excluding hydrogens is 264 g/mol. The molecule has 5 nitrogen and oxygen atoms in total. The zero-order valence-corrected chi connectivity index (χ0v) is 13.6. The van der Waals surface area contributed by atoms with E-state index in [2.05, 4.69) is 28.9 Å². The molecule has 1 fully saturated rings. The van der Waals surface area contributed by atoms with Gasteiger partial charge in [-0.05, 0) is 38.3 Å². The predicted molar refractivity (Wildman–Crippen MR) is 83.8 cm³/mol. The molecule has 0 saturated heterocycles. The van der Waals surface area contributed by atoms with Gasteiger partial charge in [0.15, 0.2) is 5.82 Å². The molecule has 1 heterocycles. The third kappa shape index (κ3) is 4.51. The van der Waals surface area contributed by atoms with Gasteiger partial charge in [0.25, 0.3) is 0 Å². The number of rotatable bonds is 8. The van der Waals surface area contributed by atoms with Crippen LogP contribution in [0.5, 0.6) is 0 Å². The molecule has 0 bridgehead atoms. The fourth-order valence-electron chi connectivity index (χ4n) is 3.37. The maximum atomic E-state index is 5.96. The topological polar surface area (TPSA) is 68.2 Å². The van der Waals surface area contributed by atoms with E-state index in [0.717, 1.165) is 50.6 Å². The number of unbranched alkanes of at least 4 members (excludes halogenated alkanes) is 1. The Morgan fingerprint density at radius 2 is 2.10 bits per heavy atom. The predicted octanol–water partition coefficient (Wildman–Crippen LogP) is 2.75. The lowest BCUT2D eigenvalue weighted by atomic mass is 9.83. The molecule has 0 amide bonds. The summed E-state index contributed by atoms with van der Waals surface area (Å²) in [5, 5.41) is 4.09. The van der Waals surface area contributed by atoms with Gasteiger partial charge in [0.2, 0.25) is 5.89 Å². The molecule has 2 unspecified atom stereocenters. The molecule has 2 rings (SSSR count). The van der Waals surface area contributed by atoms with Crippen LogP contribution in [0.1, 0.15) is 64.1 Å². The quantitative estimate of drug-likeness (QED) is 0.798. The zero-order chi connectivity index (χ0) is 15.1. The molecule has 120 valence electrons. The van der Waals surface area contributed by atoms with Crippen LogP contribution in [0.2, 0.25) is 0 Å². The van der Waals surface area contributed by atoms with Gasteiger partial charge < -0.3 is 10.3 Å². The SMILES string of the molecule is CCCCc1noc(CN(CC)C2CCCCC2CN)n1. The molecule has 0 aromatic carbocycles. The van der Waals surface area contributed by atoms with Gasteiger partial charge in [-0.25, -0.2) is 0 Å². The van der Waals surface area contributed by atoms with Gasteiger partial charge in [0, 0.05) is 12.5 Å². The molecule has 5 heteroatoms. The Hall–Kier alpha value is -0.940. The fourth-order valence-corrected chi connectivity index (χ4v) is 3.37. The third-order valence-corrected chi connectivity index (χ3v) is 4.65. The van der Waals surface area contributed by atoms with Crippen molar-refractivity contribution in [2.75, 3.05) is 13.1 Å². The summed E-state index contributed by atoms with van der Waals surface area (Å²) in [5.74, 6) is 2.22. The first-order valence-corrected chi connectivity index (χ1v) is 8.54. The standard InChI is InChI=1S/C16H30N4O/c1-3-5-10-15-18-16(21-19-15)12-20(4-2)14-9-7-6-8-13(14)11-17/h13-14H,3-12,17H2,1-2H3. The number of aryl methyl sites for hydroxylation is 1. The van der Waals surface area contributed by atoms with E-state index >= 15 is 0 Å². The van der Waals surface area contributed by atoms with E-state index in [1.54, 1.807) is 0 Å². The van der Waals surface area contributed by atoms with Crippen molar-refractivity contribution in [1.29, 1.82) is 0 Å². The second-order valence-corrected chi connectivity index (χ2v) is 6.12. The summed E-state index contributed by atoms with van der Waals surface area (Å²) in [4.78, 5) is 7.00. The minimum atomic E-state index is 0.569. The van der Waals surface area contributed by atoms with Crippen LogP contribution in [0, 0.1) is 5.92 Å². The van der Waals surface area contributed by atoms with Crippen LogP contribution >= 0.6 is 0 Å². The van der Waals surface area contributed by atoms with E-state index in [-0.39, 0.29) is 0 Å². The first kappa shape index (κ1) is 16.4. The largest absolute Gasteiger partial charge is 0.338 e. The van der Waals surface area contributed by atoms with Gasteiger partial charge in [-0.2, -0.15) is 4.98 Å². The van der Waals surface area contributed by atoms with Gasteiger partial charge in [-0.3, -0.25) is 4.90 Å². The van der Waals surface area contributed by atoms with Crippen molar-refractivity contribution in [2.45, 2.75) is 71.4 Å². The molecule has 0 radical (unpaired) electrons. The van der Waals surface area contributed by atoms with Gasteiger partial charge in [-0.15, -0.1) is 0 Å². The van der Waals surface area contributed by atoms with Crippen LogP contribution in [-0.2, 0) is 13.0 Å². The molecule has 0 spiro atoms. The molecule has 1 aliphatic carbocycles. The van der Waals surface area contributed by atoms with E-state index in [9.17, 15) is 0 Å². The van der Waals surface area contributed by atoms with Crippen LogP contribution in [0.4, 0.5) is 0 Å². The van der Waals surface area contributed by atoms with E-state index in [1.165, 1.54) is 25.7 Å². The highest BCUT2D eigenvalue weighted by Crippen LogP contribution is 2.28. The summed E-state index contributed by atoms with van der Waals surface area (Å²) in [6, 6.07) is 0.569. The van der Waals surface area contributed by atoms with Crippen molar-refractivity contribution < 1.29 is 4.52 Å². The van der Waals surface area contributed by atoms with Gasteiger partial charge in [0.05, 0.1) is 6.54 Å². The number of aromatic nitrogens is 2. The van der Waals surface area contributed by atoms with Gasteiger partial charge in [0.1, 0.15) is 0 Å². The van der Waals surface area contributed by atoms with Gasteiger partial charge >= 0.3 is 0 Å². The highest BCUT2D eigenvalue weighted by Gasteiger charge is 2.29. The molecule has 1 aromatic heterocycles. The van der Waals surface area contributed by atoms with Crippen molar-refractivity contribution in [3.05, 3.63) is 11.7 Å². The Labute approximate surface area is 128 Å². The van der Waals surface area contributed by atoms with E-state index < -0.39 is 0 Å². The molecular formula is C16H30N4O. The van der Waals surface area contributed by atoms with Crippen LogP contribution in [0.3, 0.4) is 0 Å². The molecule has 1 aliphatic rings. The lowest BCUT2D eigenvalue weighted by molar-refractivity contribution is 0.0942. The highest BCUT2D eigenvalue weighted by molar-refractivity contribution is 4.90. The Morgan fingerprint density at radius 3 is 2.81 bits per heavy atom. The van der Waals surface area contributed by atoms with Crippen molar-refractivity contribution >= 4 is 0 Å². The molecule has 1 saturated carbocycles. The first-order valence-electron chi connectivity index (χ1n) is 8.54. The fraction of sp³-hybridized carbons (Fsp3) is 0.875. The number of nitrogens with two attached hydrogens (primary N) is 1. The average Bonchev–Trinajstić information content (AvgIpc) is 2.98. The number of hydrogen-bond donors (Lipinski definition) is 1. The molecule has 1 aromatic rings.